The molecule has 144 valence electrons. The number of rotatable bonds is 3. The Morgan fingerprint density at radius 2 is 1.71 bits per heavy atom. The molecule has 7 nitrogen and oxygen atoms in total. The Balaban J connectivity index is 1.55. The minimum Gasteiger partial charge on any atom is -0.368 e. The highest BCUT2D eigenvalue weighted by atomic mass is 16.2. The van der Waals surface area contributed by atoms with E-state index in [1.807, 2.05) is 23.1 Å². The van der Waals surface area contributed by atoms with Crippen molar-refractivity contribution >= 4 is 22.5 Å². The van der Waals surface area contributed by atoms with Crippen LogP contribution in [0.2, 0.25) is 0 Å². The Hall–Kier alpha value is -3.35. The topological polar surface area (TPSA) is 78.4 Å². The van der Waals surface area contributed by atoms with E-state index in [4.69, 9.17) is 0 Å². The quantitative estimate of drug-likeness (QED) is 0.752. The number of anilines is 1. The van der Waals surface area contributed by atoms with Gasteiger partial charge in [0, 0.05) is 44.0 Å². The van der Waals surface area contributed by atoms with Gasteiger partial charge in [0.05, 0.1) is 10.9 Å². The predicted molar refractivity (Wildman–Crippen MR) is 109 cm³/mol. The molecule has 1 aliphatic rings. The minimum absolute atomic E-state index is 0.0878. The molecular weight excluding hydrogens is 356 g/mol. The van der Waals surface area contributed by atoms with Gasteiger partial charge < -0.3 is 14.8 Å². The van der Waals surface area contributed by atoms with Crippen LogP contribution in [0.3, 0.4) is 0 Å². The summed E-state index contributed by atoms with van der Waals surface area (Å²) in [5, 5.41) is 0.409. The number of H-pyrrole nitrogens is 1. The molecule has 4 rings (SSSR count). The van der Waals surface area contributed by atoms with Crippen molar-refractivity contribution in [2.45, 2.75) is 13.5 Å². The van der Waals surface area contributed by atoms with Crippen molar-refractivity contribution in [3.8, 4) is 0 Å². The number of amides is 1. The van der Waals surface area contributed by atoms with Gasteiger partial charge in [0.1, 0.15) is 0 Å². The zero-order chi connectivity index (χ0) is 19.7. The number of nitrogens with one attached hydrogen (secondary N) is 1. The largest absolute Gasteiger partial charge is 0.368 e. The summed E-state index contributed by atoms with van der Waals surface area (Å²) < 4.78 is 1.15. The third kappa shape index (κ3) is 3.19. The smallest absolute Gasteiger partial charge is 0.328 e. The highest BCUT2D eigenvalue weighted by molar-refractivity contribution is 5.97. The molecule has 1 fully saturated rings. The second kappa shape index (κ2) is 7.34. The van der Waals surface area contributed by atoms with Crippen LogP contribution < -0.4 is 16.1 Å². The molecule has 7 heteroatoms. The van der Waals surface area contributed by atoms with E-state index in [0.717, 1.165) is 23.3 Å². The minimum atomic E-state index is -0.457. The van der Waals surface area contributed by atoms with Gasteiger partial charge in [0.15, 0.2) is 0 Å². The zero-order valence-electron chi connectivity index (χ0n) is 15.7. The molecular formula is C21H22N4O3. The second-order valence-electron chi connectivity index (χ2n) is 6.85. The van der Waals surface area contributed by atoms with Crippen LogP contribution in [0, 0.1) is 0 Å². The van der Waals surface area contributed by atoms with Crippen LogP contribution in [-0.4, -0.2) is 46.5 Å². The summed E-state index contributed by atoms with van der Waals surface area (Å²) in [4.78, 5) is 44.1. The van der Waals surface area contributed by atoms with Gasteiger partial charge in [0.25, 0.3) is 11.5 Å². The number of hydrogen-bond donors (Lipinski definition) is 1. The van der Waals surface area contributed by atoms with Crippen LogP contribution in [0.1, 0.15) is 17.3 Å². The van der Waals surface area contributed by atoms with E-state index in [1.54, 1.807) is 25.1 Å². The summed E-state index contributed by atoms with van der Waals surface area (Å²) in [5.41, 5.74) is 1.24. The third-order valence-corrected chi connectivity index (χ3v) is 5.23. The van der Waals surface area contributed by atoms with E-state index in [9.17, 15) is 14.4 Å². The van der Waals surface area contributed by atoms with Crippen molar-refractivity contribution < 1.29 is 4.79 Å². The maximum atomic E-state index is 12.9. The fourth-order valence-corrected chi connectivity index (χ4v) is 3.66. The van der Waals surface area contributed by atoms with Gasteiger partial charge in [-0.05, 0) is 37.3 Å². The lowest BCUT2D eigenvalue weighted by Gasteiger charge is -2.36. The molecule has 0 bridgehead atoms. The average Bonchev–Trinajstić information content (AvgIpc) is 2.74. The molecule has 1 amide bonds. The molecule has 3 aromatic rings. The summed E-state index contributed by atoms with van der Waals surface area (Å²) in [7, 11) is 0. The van der Waals surface area contributed by atoms with E-state index in [0.29, 0.717) is 36.1 Å². The number of hydrogen-bond acceptors (Lipinski definition) is 4. The highest BCUT2D eigenvalue weighted by Crippen LogP contribution is 2.18. The number of aromatic amines is 1. The number of aromatic nitrogens is 2. The molecule has 28 heavy (non-hydrogen) atoms. The summed E-state index contributed by atoms with van der Waals surface area (Å²) in [6.07, 6.45) is 0. The third-order valence-electron chi connectivity index (χ3n) is 5.23. The summed E-state index contributed by atoms with van der Waals surface area (Å²) in [5.74, 6) is -0.0878. The average molecular weight is 378 g/mol. The first-order chi connectivity index (χ1) is 13.6. The lowest BCUT2D eigenvalue weighted by molar-refractivity contribution is 0.0747. The van der Waals surface area contributed by atoms with E-state index in [-0.39, 0.29) is 11.5 Å². The maximum absolute atomic E-state index is 12.9. The second-order valence-corrected chi connectivity index (χ2v) is 6.85. The lowest BCUT2D eigenvalue weighted by Crippen LogP contribution is -2.48. The molecule has 0 aliphatic carbocycles. The molecule has 1 saturated heterocycles. The van der Waals surface area contributed by atoms with Gasteiger partial charge >= 0.3 is 5.69 Å². The Morgan fingerprint density at radius 3 is 2.39 bits per heavy atom. The van der Waals surface area contributed by atoms with E-state index in [1.165, 1.54) is 0 Å². The molecule has 0 radical (unpaired) electrons. The fourth-order valence-electron chi connectivity index (χ4n) is 3.66. The number of nitrogens with zero attached hydrogens (tertiary/aromatic N) is 3. The van der Waals surface area contributed by atoms with E-state index >= 15 is 0 Å². The van der Waals surface area contributed by atoms with Crippen LogP contribution in [0.25, 0.3) is 10.9 Å². The van der Waals surface area contributed by atoms with Gasteiger partial charge in [-0.15, -0.1) is 0 Å². The first-order valence-corrected chi connectivity index (χ1v) is 9.44. The van der Waals surface area contributed by atoms with Crippen LogP contribution in [-0.2, 0) is 6.54 Å². The van der Waals surface area contributed by atoms with Crippen molar-refractivity contribution in [3.05, 3.63) is 74.9 Å². The Kier molecular flexibility index (Phi) is 4.73. The summed E-state index contributed by atoms with van der Waals surface area (Å²) in [6, 6.07) is 15.0. The van der Waals surface area contributed by atoms with Crippen LogP contribution in [0.5, 0.6) is 0 Å². The lowest BCUT2D eigenvalue weighted by atomic mass is 10.1. The Morgan fingerprint density at radius 1 is 1.00 bits per heavy atom. The van der Waals surface area contributed by atoms with Crippen LogP contribution >= 0.6 is 0 Å². The molecule has 2 heterocycles. The molecule has 0 saturated carbocycles. The SMILES string of the molecule is CCn1c(=O)[nH]c2cc(C(=O)N3CCN(c4ccccc4)CC3)ccc2c1=O. The molecule has 1 aromatic heterocycles. The molecule has 2 aromatic carbocycles. The van der Waals surface area contributed by atoms with Crippen molar-refractivity contribution in [1.82, 2.24) is 14.5 Å². The Bertz CT molecular complexity index is 1130. The highest BCUT2D eigenvalue weighted by Gasteiger charge is 2.22. The maximum Gasteiger partial charge on any atom is 0.328 e. The standard InChI is InChI=1S/C21H22N4O3/c1-2-25-20(27)17-9-8-15(14-18(17)22-21(25)28)19(26)24-12-10-23(11-13-24)16-6-4-3-5-7-16/h3-9,14H,2,10-13H2,1H3,(H,22,28). The van der Waals surface area contributed by atoms with Gasteiger partial charge in [-0.1, -0.05) is 18.2 Å². The van der Waals surface area contributed by atoms with Crippen LogP contribution in [0.15, 0.2) is 58.1 Å². The van der Waals surface area contributed by atoms with E-state index < -0.39 is 5.69 Å². The monoisotopic (exact) mass is 378 g/mol. The van der Waals surface area contributed by atoms with Crippen molar-refractivity contribution in [2.24, 2.45) is 0 Å². The predicted octanol–water partition coefficient (Wildman–Crippen LogP) is 1.67. The number of fused-ring (bicyclic) bond motifs is 1. The number of carbonyl (C=O) groups excluding carboxylic acids is 1. The molecule has 1 N–H and O–H groups in total. The van der Waals surface area contributed by atoms with Gasteiger partial charge in [-0.2, -0.15) is 0 Å². The first-order valence-electron chi connectivity index (χ1n) is 9.44. The van der Waals surface area contributed by atoms with Gasteiger partial charge in [-0.25, -0.2) is 4.79 Å². The number of carbonyl (C=O) groups is 1. The molecule has 0 spiro atoms. The van der Waals surface area contributed by atoms with Crippen molar-refractivity contribution in [1.29, 1.82) is 0 Å². The van der Waals surface area contributed by atoms with Crippen molar-refractivity contribution in [3.63, 3.8) is 0 Å². The number of para-hydroxylation sites is 1. The normalized spacial score (nSPS) is 14.5. The number of benzene rings is 2. The molecule has 0 unspecified atom stereocenters. The fraction of sp³-hybridized carbons (Fsp3) is 0.286. The molecule has 1 aliphatic heterocycles. The Labute approximate surface area is 161 Å². The van der Waals surface area contributed by atoms with E-state index in [2.05, 4.69) is 22.0 Å². The van der Waals surface area contributed by atoms with Crippen LogP contribution in [0.4, 0.5) is 5.69 Å². The van der Waals surface area contributed by atoms with Crippen molar-refractivity contribution in [2.75, 3.05) is 31.1 Å². The molecule has 0 atom stereocenters. The zero-order valence-corrected chi connectivity index (χ0v) is 15.7. The first kappa shape index (κ1) is 18.0. The summed E-state index contributed by atoms with van der Waals surface area (Å²) >= 11 is 0. The van der Waals surface area contributed by atoms with Gasteiger partial charge in [0.2, 0.25) is 0 Å². The van der Waals surface area contributed by atoms with Gasteiger partial charge in [-0.3, -0.25) is 14.2 Å². The summed E-state index contributed by atoms with van der Waals surface area (Å²) in [6.45, 7) is 4.83. The number of piperazine rings is 1.